The number of rotatable bonds is 2. The van der Waals surface area contributed by atoms with Crippen molar-refractivity contribution >= 4 is 16.7 Å². The number of fused-ring (bicyclic) bond motifs is 1. The molecular weight excluding hydrogens is 174 g/mol. The van der Waals surface area contributed by atoms with Gasteiger partial charge in [-0.15, -0.1) is 0 Å². The van der Waals surface area contributed by atoms with Gasteiger partial charge in [-0.1, -0.05) is 12.1 Å². The number of aromatic nitrogens is 1. The lowest BCUT2D eigenvalue weighted by atomic mass is 10.1. The smallest absolute Gasteiger partial charge is 0.134 e. The highest BCUT2D eigenvalue weighted by Gasteiger charge is 1.99. The molecule has 14 heavy (non-hydrogen) atoms. The predicted octanol–water partition coefficient (Wildman–Crippen LogP) is 2.17. The molecule has 0 saturated carbocycles. The molecule has 0 aliphatic carbocycles. The average Bonchev–Trinajstić information content (AvgIpc) is 2.17. The zero-order valence-electron chi connectivity index (χ0n) is 7.95. The van der Waals surface area contributed by atoms with E-state index in [0.29, 0.717) is 6.42 Å². The first-order chi connectivity index (χ1) is 6.75. The van der Waals surface area contributed by atoms with Crippen molar-refractivity contribution in [2.24, 2.45) is 0 Å². The maximum absolute atomic E-state index is 10.9. The average molecular weight is 184 g/mol. The van der Waals surface area contributed by atoms with Crippen LogP contribution in [0.5, 0.6) is 0 Å². The first-order valence-corrected chi connectivity index (χ1v) is 4.51. The molecule has 0 bridgehead atoms. The molecule has 2 heteroatoms. The van der Waals surface area contributed by atoms with Gasteiger partial charge in [-0.2, -0.15) is 0 Å². The van der Waals surface area contributed by atoms with E-state index in [1.54, 1.807) is 13.0 Å². The second-order valence-corrected chi connectivity index (χ2v) is 3.35. The Morgan fingerprint density at radius 3 is 3.07 bits per heavy atom. The quantitative estimate of drug-likeness (QED) is 0.716. The summed E-state index contributed by atoms with van der Waals surface area (Å²) in [4.78, 5) is 15.0. The summed E-state index contributed by atoms with van der Waals surface area (Å²) in [5.74, 6) is 0.180. The second kappa shape index (κ2) is 3.58. The highest BCUT2D eigenvalue weighted by atomic mass is 16.1. The third-order valence-electron chi connectivity index (χ3n) is 2.07. The molecule has 1 aromatic carbocycles. The number of nitrogens with zero attached hydrogens (tertiary/aromatic N) is 1. The largest absolute Gasteiger partial charge is 0.300 e. The summed E-state index contributed by atoms with van der Waals surface area (Å²) < 4.78 is 0. The Hall–Kier alpha value is -1.70. The number of carbonyl (C=O) groups excluding carboxylic acids is 1. The predicted molar refractivity (Wildman–Crippen MR) is 55.0 cm³/mol. The molecule has 0 unspecified atom stereocenters. The minimum atomic E-state index is 0.180. The molecule has 2 rings (SSSR count). The highest BCUT2D eigenvalue weighted by Crippen LogP contribution is 2.13. The van der Waals surface area contributed by atoms with Gasteiger partial charge in [-0.05, 0) is 30.7 Å². The van der Waals surface area contributed by atoms with Crippen LogP contribution in [0.3, 0.4) is 0 Å². The van der Waals surface area contributed by atoms with E-state index in [1.165, 1.54) is 0 Å². The molecule has 0 aliphatic heterocycles. The molecule has 2 aromatic rings. The van der Waals surface area contributed by atoms with Gasteiger partial charge in [0.1, 0.15) is 5.78 Å². The van der Waals surface area contributed by atoms with Crippen LogP contribution in [-0.4, -0.2) is 10.8 Å². The molecule has 0 N–H and O–H groups in total. The van der Waals surface area contributed by atoms with Gasteiger partial charge in [-0.3, -0.25) is 4.79 Å². The van der Waals surface area contributed by atoms with E-state index in [4.69, 9.17) is 0 Å². The Balaban J connectivity index is 2.46. The number of hydrogen-bond donors (Lipinski definition) is 0. The molecule has 0 fully saturated rings. The normalized spacial score (nSPS) is 10.4. The van der Waals surface area contributed by atoms with E-state index >= 15 is 0 Å². The standard InChI is InChI=1S/C12H10NO/c1-9(14)7-10-4-5-12-11(8-10)3-2-6-13-12/h2-5,8H,7H2,1H3. The minimum Gasteiger partial charge on any atom is -0.300 e. The van der Waals surface area contributed by atoms with Crippen LogP contribution in [0.1, 0.15) is 12.5 Å². The molecular formula is C12H10NO. The summed E-state index contributed by atoms with van der Waals surface area (Å²) in [5.41, 5.74) is 1.96. The van der Waals surface area contributed by atoms with Crippen molar-refractivity contribution in [2.45, 2.75) is 13.3 Å². The summed E-state index contributed by atoms with van der Waals surface area (Å²) in [6.07, 6.45) is 3.27. The van der Waals surface area contributed by atoms with Gasteiger partial charge in [0.2, 0.25) is 0 Å². The van der Waals surface area contributed by atoms with E-state index in [2.05, 4.69) is 11.2 Å². The number of carbonyl (C=O) groups is 1. The maximum atomic E-state index is 10.9. The second-order valence-electron chi connectivity index (χ2n) is 3.35. The van der Waals surface area contributed by atoms with Crippen LogP contribution in [-0.2, 0) is 11.2 Å². The van der Waals surface area contributed by atoms with Crippen LogP contribution in [0.4, 0.5) is 0 Å². The fourth-order valence-electron chi connectivity index (χ4n) is 1.47. The van der Waals surface area contributed by atoms with Gasteiger partial charge in [0.25, 0.3) is 0 Å². The van der Waals surface area contributed by atoms with E-state index in [1.807, 2.05) is 24.3 Å². The highest BCUT2D eigenvalue weighted by molar-refractivity contribution is 5.82. The first kappa shape index (κ1) is 8.88. The van der Waals surface area contributed by atoms with Crippen LogP contribution in [0.2, 0.25) is 0 Å². The summed E-state index contributed by atoms with van der Waals surface area (Å²) in [6, 6.07) is 9.58. The van der Waals surface area contributed by atoms with Gasteiger partial charge in [0.05, 0.1) is 11.7 Å². The molecule has 69 valence electrons. The van der Waals surface area contributed by atoms with Crippen molar-refractivity contribution in [1.29, 1.82) is 0 Å². The van der Waals surface area contributed by atoms with Crippen molar-refractivity contribution in [1.82, 2.24) is 4.98 Å². The molecule has 2 nitrogen and oxygen atoms in total. The third-order valence-corrected chi connectivity index (χ3v) is 2.07. The lowest BCUT2D eigenvalue weighted by Crippen LogP contribution is -1.95. The van der Waals surface area contributed by atoms with Gasteiger partial charge >= 0.3 is 0 Å². The van der Waals surface area contributed by atoms with Crippen LogP contribution < -0.4 is 0 Å². The van der Waals surface area contributed by atoms with E-state index < -0.39 is 0 Å². The summed E-state index contributed by atoms with van der Waals surface area (Å²) >= 11 is 0. The summed E-state index contributed by atoms with van der Waals surface area (Å²) in [5, 5.41) is 1.06. The Bertz CT molecular complexity index is 476. The zero-order valence-corrected chi connectivity index (χ0v) is 7.95. The fraction of sp³-hybridized carbons (Fsp3) is 0.167. The van der Waals surface area contributed by atoms with E-state index in [9.17, 15) is 4.79 Å². The lowest BCUT2D eigenvalue weighted by molar-refractivity contribution is -0.116. The van der Waals surface area contributed by atoms with Gasteiger partial charge in [-0.25, -0.2) is 4.98 Å². The molecule has 1 radical (unpaired) electrons. The molecule has 0 atom stereocenters. The van der Waals surface area contributed by atoms with E-state index in [-0.39, 0.29) is 5.78 Å². The van der Waals surface area contributed by atoms with Crippen molar-refractivity contribution in [3.63, 3.8) is 0 Å². The third kappa shape index (κ3) is 1.79. The summed E-state index contributed by atoms with van der Waals surface area (Å²) in [6.45, 7) is 1.60. The molecule has 1 aromatic heterocycles. The van der Waals surface area contributed by atoms with Gasteiger partial charge in [0, 0.05) is 11.8 Å². The van der Waals surface area contributed by atoms with Crippen molar-refractivity contribution in [2.75, 3.05) is 0 Å². The van der Waals surface area contributed by atoms with Crippen molar-refractivity contribution in [3.05, 3.63) is 42.1 Å². The molecule has 0 saturated heterocycles. The minimum absolute atomic E-state index is 0.180. The number of hydrogen-bond acceptors (Lipinski definition) is 2. The number of benzene rings is 1. The van der Waals surface area contributed by atoms with Crippen LogP contribution >= 0.6 is 0 Å². The van der Waals surface area contributed by atoms with Crippen LogP contribution in [0, 0.1) is 6.20 Å². The molecule has 1 heterocycles. The van der Waals surface area contributed by atoms with Crippen molar-refractivity contribution in [3.8, 4) is 0 Å². The van der Waals surface area contributed by atoms with Gasteiger partial charge < -0.3 is 0 Å². The fourth-order valence-corrected chi connectivity index (χ4v) is 1.47. The van der Waals surface area contributed by atoms with Gasteiger partial charge in [0.15, 0.2) is 0 Å². The number of Topliss-reactive ketones (excluding diaryl/α,β-unsaturated/α-hetero) is 1. The molecule has 0 spiro atoms. The van der Waals surface area contributed by atoms with Crippen LogP contribution in [0.25, 0.3) is 10.9 Å². The Kier molecular flexibility index (Phi) is 2.27. The van der Waals surface area contributed by atoms with Crippen LogP contribution in [0.15, 0.2) is 30.3 Å². The maximum Gasteiger partial charge on any atom is 0.134 e. The first-order valence-electron chi connectivity index (χ1n) is 4.51. The topological polar surface area (TPSA) is 30.0 Å². The number of pyridine rings is 1. The number of ketones is 1. The summed E-state index contributed by atoms with van der Waals surface area (Å²) in [7, 11) is 0. The molecule has 0 aliphatic rings. The monoisotopic (exact) mass is 184 g/mol. The Morgan fingerprint density at radius 1 is 1.43 bits per heavy atom. The Morgan fingerprint density at radius 2 is 2.29 bits per heavy atom. The Labute approximate surface area is 82.6 Å². The lowest BCUT2D eigenvalue weighted by Gasteiger charge is -2.00. The molecule has 0 amide bonds. The SMILES string of the molecule is CC(=O)Cc1ccc2n[c]ccc2c1. The van der Waals surface area contributed by atoms with E-state index in [0.717, 1.165) is 16.5 Å². The zero-order chi connectivity index (χ0) is 9.97. The van der Waals surface area contributed by atoms with Crippen molar-refractivity contribution < 1.29 is 4.79 Å².